The van der Waals surface area contributed by atoms with Gasteiger partial charge in [0, 0.05) is 17.0 Å². The highest BCUT2D eigenvalue weighted by molar-refractivity contribution is 6.20. The molecule has 2 nitrogen and oxygen atoms in total. The van der Waals surface area contributed by atoms with Crippen molar-refractivity contribution in [1.29, 1.82) is 0 Å². The molecule has 1 aromatic carbocycles. The van der Waals surface area contributed by atoms with E-state index >= 15 is 0 Å². The van der Waals surface area contributed by atoms with E-state index in [0.717, 1.165) is 17.5 Å². The maximum atomic E-state index is 12.0. The summed E-state index contributed by atoms with van der Waals surface area (Å²) >= 11 is 5.90. The molecule has 0 aliphatic rings. The highest BCUT2D eigenvalue weighted by atomic mass is 35.5. The van der Waals surface area contributed by atoms with Crippen LogP contribution in [0.25, 0.3) is 0 Å². The second-order valence-electron chi connectivity index (χ2n) is 4.71. The van der Waals surface area contributed by atoms with Gasteiger partial charge in [0.05, 0.1) is 0 Å². The van der Waals surface area contributed by atoms with Crippen LogP contribution < -0.4 is 5.32 Å². The van der Waals surface area contributed by atoms with Gasteiger partial charge in [0.15, 0.2) is 0 Å². The summed E-state index contributed by atoms with van der Waals surface area (Å²) in [7, 11) is 0. The first-order valence-corrected chi connectivity index (χ1v) is 6.36. The van der Waals surface area contributed by atoms with Crippen molar-refractivity contribution < 1.29 is 4.79 Å². The number of nitrogens with one attached hydrogen (secondary N) is 1. The lowest BCUT2D eigenvalue weighted by atomic mass is 10.0. The third-order valence-electron chi connectivity index (χ3n) is 2.68. The summed E-state index contributed by atoms with van der Waals surface area (Å²) in [4.78, 5) is 12.0. The molecular weight excluding hydrogens is 234 g/mol. The predicted octanol–water partition coefficient (Wildman–Crippen LogP) is 3.44. The Balaban J connectivity index is 2.70. The number of halogens is 1. The Kier molecular flexibility index (Phi) is 5.01. The molecule has 17 heavy (non-hydrogen) atoms. The van der Waals surface area contributed by atoms with Crippen LogP contribution in [-0.4, -0.2) is 17.3 Å². The largest absolute Gasteiger partial charge is 0.350 e. The van der Waals surface area contributed by atoms with Crippen molar-refractivity contribution in [2.24, 2.45) is 0 Å². The molecule has 0 radical (unpaired) electrons. The van der Waals surface area contributed by atoms with Crippen molar-refractivity contribution in [2.45, 2.75) is 45.5 Å². The summed E-state index contributed by atoms with van der Waals surface area (Å²) < 4.78 is 0. The number of rotatable bonds is 4. The molecule has 1 amide bonds. The van der Waals surface area contributed by atoms with E-state index in [1.54, 1.807) is 0 Å². The Morgan fingerprint density at radius 1 is 1.35 bits per heavy atom. The number of hydrogen-bond acceptors (Lipinski definition) is 1. The second kappa shape index (κ2) is 6.06. The molecule has 94 valence electrons. The minimum Gasteiger partial charge on any atom is -0.350 e. The number of carbonyl (C=O) groups is 1. The van der Waals surface area contributed by atoms with Crippen LogP contribution in [0.5, 0.6) is 0 Å². The van der Waals surface area contributed by atoms with Crippen LogP contribution in [0.3, 0.4) is 0 Å². The van der Waals surface area contributed by atoms with Crippen molar-refractivity contribution in [2.75, 3.05) is 0 Å². The van der Waals surface area contributed by atoms with Gasteiger partial charge in [0.25, 0.3) is 5.91 Å². The minimum atomic E-state index is -0.0210. The van der Waals surface area contributed by atoms with Crippen LogP contribution in [0.4, 0.5) is 0 Å². The summed E-state index contributed by atoms with van der Waals surface area (Å²) in [5, 5.41) is 3.04. The molecule has 3 heteroatoms. The molecule has 1 aromatic rings. The summed E-state index contributed by atoms with van der Waals surface area (Å²) in [6.07, 6.45) is 0.776. The Hall–Kier alpha value is -1.02. The third-order valence-corrected chi connectivity index (χ3v) is 2.86. The fourth-order valence-electron chi connectivity index (χ4n) is 1.92. The van der Waals surface area contributed by atoms with Gasteiger partial charge in [-0.05, 0) is 45.7 Å². The van der Waals surface area contributed by atoms with Crippen LogP contribution in [0.2, 0.25) is 0 Å². The highest BCUT2D eigenvalue weighted by Crippen LogP contribution is 2.11. The summed E-state index contributed by atoms with van der Waals surface area (Å²) in [5.74, 6) is -0.0210. The smallest absolute Gasteiger partial charge is 0.251 e. The molecule has 0 saturated heterocycles. The van der Waals surface area contributed by atoms with E-state index in [2.05, 4.69) is 5.32 Å². The topological polar surface area (TPSA) is 29.1 Å². The molecule has 2 atom stereocenters. The zero-order chi connectivity index (χ0) is 13.0. The molecule has 0 saturated carbocycles. The van der Waals surface area contributed by atoms with E-state index in [4.69, 9.17) is 11.6 Å². The van der Waals surface area contributed by atoms with E-state index in [1.165, 1.54) is 5.56 Å². The number of carbonyl (C=O) groups excluding carboxylic acids is 1. The first kappa shape index (κ1) is 14.0. The van der Waals surface area contributed by atoms with Gasteiger partial charge in [0.2, 0.25) is 0 Å². The fourth-order valence-corrected chi connectivity index (χ4v) is 2.18. The van der Waals surface area contributed by atoms with Crippen LogP contribution >= 0.6 is 11.6 Å². The van der Waals surface area contributed by atoms with Crippen LogP contribution in [0.15, 0.2) is 18.2 Å². The molecule has 0 aromatic heterocycles. The van der Waals surface area contributed by atoms with Crippen molar-refractivity contribution in [3.05, 3.63) is 34.9 Å². The first-order valence-electron chi connectivity index (χ1n) is 5.92. The first-order chi connectivity index (χ1) is 7.90. The summed E-state index contributed by atoms with van der Waals surface area (Å²) in [5.41, 5.74) is 2.92. The van der Waals surface area contributed by atoms with Crippen LogP contribution in [-0.2, 0) is 0 Å². The monoisotopic (exact) mass is 253 g/mol. The van der Waals surface area contributed by atoms with Crippen molar-refractivity contribution in [3.63, 3.8) is 0 Å². The van der Waals surface area contributed by atoms with Crippen molar-refractivity contribution in [1.82, 2.24) is 5.32 Å². The molecule has 1 N–H and O–H groups in total. The number of alkyl halides is 1. The summed E-state index contributed by atoms with van der Waals surface area (Å²) in [6.45, 7) is 7.88. The van der Waals surface area contributed by atoms with Gasteiger partial charge in [-0.15, -0.1) is 11.6 Å². The molecule has 0 aliphatic heterocycles. The maximum Gasteiger partial charge on any atom is 0.251 e. The van der Waals surface area contributed by atoms with E-state index < -0.39 is 0 Å². The maximum absolute atomic E-state index is 12.0. The highest BCUT2D eigenvalue weighted by Gasteiger charge is 2.13. The quantitative estimate of drug-likeness (QED) is 0.819. The molecule has 0 aliphatic carbocycles. The van der Waals surface area contributed by atoms with E-state index in [0.29, 0.717) is 0 Å². The van der Waals surface area contributed by atoms with Gasteiger partial charge in [0.1, 0.15) is 0 Å². The lowest BCUT2D eigenvalue weighted by molar-refractivity contribution is 0.0938. The molecule has 0 bridgehead atoms. The SMILES string of the molecule is Cc1ccc(C(=O)NC(C)CC(C)Cl)c(C)c1. The normalized spacial score (nSPS) is 14.2. The standard InChI is InChI=1S/C14H20ClNO/c1-9-5-6-13(10(2)7-9)14(17)16-12(4)8-11(3)15/h5-7,11-12H,8H2,1-4H3,(H,16,17). The summed E-state index contributed by atoms with van der Waals surface area (Å²) in [6, 6.07) is 5.94. The average molecular weight is 254 g/mol. The molecule has 0 heterocycles. The minimum absolute atomic E-state index is 0.0210. The van der Waals surface area contributed by atoms with Crippen molar-refractivity contribution >= 4 is 17.5 Å². The van der Waals surface area contributed by atoms with Gasteiger partial charge in [-0.3, -0.25) is 4.79 Å². The number of benzene rings is 1. The number of aryl methyl sites for hydroxylation is 2. The second-order valence-corrected chi connectivity index (χ2v) is 5.45. The van der Waals surface area contributed by atoms with E-state index in [9.17, 15) is 4.79 Å². The van der Waals surface area contributed by atoms with E-state index in [1.807, 2.05) is 45.9 Å². The van der Waals surface area contributed by atoms with E-state index in [-0.39, 0.29) is 17.3 Å². The Morgan fingerprint density at radius 2 is 2.00 bits per heavy atom. The number of amides is 1. The Labute approximate surface area is 108 Å². The molecular formula is C14H20ClNO. The zero-order valence-corrected chi connectivity index (χ0v) is 11.6. The van der Waals surface area contributed by atoms with Gasteiger partial charge in [-0.1, -0.05) is 17.7 Å². The van der Waals surface area contributed by atoms with Gasteiger partial charge >= 0.3 is 0 Å². The Bertz CT molecular complexity index is 401. The predicted molar refractivity (Wildman–Crippen MR) is 72.8 cm³/mol. The van der Waals surface area contributed by atoms with Crippen molar-refractivity contribution in [3.8, 4) is 0 Å². The lowest BCUT2D eigenvalue weighted by Gasteiger charge is -2.16. The fraction of sp³-hybridized carbons (Fsp3) is 0.500. The number of hydrogen-bond donors (Lipinski definition) is 1. The van der Waals surface area contributed by atoms with Crippen LogP contribution in [0, 0.1) is 13.8 Å². The molecule has 2 unspecified atom stereocenters. The molecule has 1 rings (SSSR count). The Morgan fingerprint density at radius 3 is 2.53 bits per heavy atom. The lowest BCUT2D eigenvalue weighted by Crippen LogP contribution is -2.34. The average Bonchev–Trinajstić information content (AvgIpc) is 2.15. The zero-order valence-electron chi connectivity index (χ0n) is 10.9. The van der Waals surface area contributed by atoms with Gasteiger partial charge < -0.3 is 5.32 Å². The third kappa shape index (κ3) is 4.39. The van der Waals surface area contributed by atoms with Crippen LogP contribution in [0.1, 0.15) is 41.8 Å². The molecule has 0 spiro atoms. The van der Waals surface area contributed by atoms with Gasteiger partial charge in [-0.2, -0.15) is 0 Å². The van der Waals surface area contributed by atoms with Gasteiger partial charge in [-0.25, -0.2) is 0 Å². The molecule has 0 fully saturated rings.